The monoisotopic (exact) mass is 519 g/mol. The summed E-state index contributed by atoms with van der Waals surface area (Å²) in [5, 5.41) is 10.9. The van der Waals surface area contributed by atoms with Gasteiger partial charge < -0.3 is 14.5 Å². The van der Waals surface area contributed by atoms with E-state index in [1.54, 1.807) is 21.6 Å². The Morgan fingerprint density at radius 1 is 1.03 bits per heavy atom. The molecule has 0 saturated carbocycles. The Kier molecular flexibility index (Phi) is 7.74. The number of nitro benzene ring substituents is 1. The molecule has 11 nitrogen and oxygen atoms in total. The number of ether oxygens (including phenoxy) is 1. The molecule has 0 aliphatic carbocycles. The first kappa shape index (κ1) is 26.2. The molecule has 3 fully saturated rings. The summed E-state index contributed by atoms with van der Waals surface area (Å²) in [5.74, 6) is 1.36. The second-order valence-electron chi connectivity index (χ2n) is 10.3. The Hall–Kier alpha value is -2.86. The van der Waals surface area contributed by atoms with Crippen molar-refractivity contribution in [1.82, 2.24) is 19.6 Å². The number of likely N-dealkylation sites (tertiary alicyclic amines) is 1. The summed E-state index contributed by atoms with van der Waals surface area (Å²) in [6, 6.07) is 5.08. The van der Waals surface area contributed by atoms with E-state index in [-0.39, 0.29) is 23.5 Å². The van der Waals surface area contributed by atoms with Crippen molar-refractivity contribution < 1.29 is 24.0 Å². The number of piperazine rings is 1. The van der Waals surface area contributed by atoms with Crippen molar-refractivity contribution in [1.29, 1.82) is 0 Å². The quantitative estimate of drug-likeness (QED) is 0.439. The largest absolute Gasteiger partial charge is 0.444 e. The molecule has 0 radical (unpaired) electrons. The molecule has 4 rings (SSSR count). The second-order valence-corrected chi connectivity index (χ2v) is 11.4. The zero-order chi connectivity index (χ0) is 26.0. The molecular formula is C24H33N5O6S. The maximum atomic E-state index is 13.3. The lowest BCUT2D eigenvalue weighted by Gasteiger charge is -2.38. The molecule has 0 spiro atoms. The highest BCUT2D eigenvalue weighted by Gasteiger charge is 2.45. The summed E-state index contributed by atoms with van der Waals surface area (Å²) >= 11 is 1.71. The van der Waals surface area contributed by atoms with Crippen LogP contribution in [-0.4, -0.2) is 111 Å². The van der Waals surface area contributed by atoms with Gasteiger partial charge >= 0.3 is 6.09 Å². The van der Waals surface area contributed by atoms with Gasteiger partial charge in [-0.15, -0.1) is 11.8 Å². The summed E-state index contributed by atoms with van der Waals surface area (Å²) in [5.41, 5.74) is -0.292. The number of hydrogen-bond donors (Lipinski definition) is 0. The first-order valence-corrected chi connectivity index (χ1v) is 13.3. The van der Waals surface area contributed by atoms with E-state index in [9.17, 15) is 24.5 Å². The Morgan fingerprint density at radius 2 is 1.69 bits per heavy atom. The van der Waals surface area contributed by atoms with E-state index in [0.717, 1.165) is 5.75 Å². The molecule has 196 valence electrons. The molecule has 1 aromatic carbocycles. The predicted molar refractivity (Wildman–Crippen MR) is 135 cm³/mol. The average molecular weight is 520 g/mol. The highest BCUT2D eigenvalue weighted by atomic mass is 32.2. The number of nitrogens with zero attached hydrogens (tertiary/aromatic N) is 5. The van der Waals surface area contributed by atoms with Crippen LogP contribution in [-0.2, 0) is 9.53 Å². The van der Waals surface area contributed by atoms with Gasteiger partial charge in [-0.1, -0.05) is 0 Å². The number of amides is 3. The smallest absolute Gasteiger partial charge is 0.411 e. The van der Waals surface area contributed by atoms with Gasteiger partial charge in [-0.05, 0) is 39.3 Å². The zero-order valence-corrected chi connectivity index (χ0v) is 21.7. The number of nitro groups is 1. The molecule has 0 bridgehead atoms. The first-order valence-electron chi connectivity index (χ1n) is 12.2. The van der Waals surface area contributed by atoms with Gasteiger partial charge in [-0.2, -0.15) is 0 Å². The van der Waals surface area contributed by atoms with Crippen molar-refractivity contribution >= 4 is 35.4 Å². The molecular weight excluding hydrogens is 486 g/mol. The number of benzene rings is 1. The Balaban J connectivity index is 1.39. The van der Waals surface area contributed by atoms with Crippen LogP contribution in [0.25, 0.3) is 0 Å². The molecule has 12 heteroatoms. The summed E-state index contributed by atoms with van der Waals surface area (Å²) in [6.45, 7) is 8.77. The predicted octanol–water partition coefficient (Wildman–Crippen LogP) is 2.26. The van der Waals surface area contributed by atoms with Gasteiger partial charge in [0.05, 0.1) is 10.8 Å². The van der Waals surface area contributed by atoms with Crippen LogP contribution in [0.5, 0.6) is 0 Å². The van der Waals surface area contributed by atoms with Crippen LogP contribution >= 0.6 is 11.8 Å². The summed E-state index contributed by atoms with van der Waals surface area (Å²) in [6.07, 6.45) is 0.0670. The molecule has 3 aliphatic rings. The van der Waals surface area contributed by atoms with E-state index >= 15 is 0 Å². The lowest BCUT2D eigenvalue weighted by atomic mass is 10.1. The van der Waals surface area contributed by atoms with Crippen LogP contribution in [0.1, 0.15) is 37.6 Å². The van der Waals surface area contributed by atoms with Crippen molar-refractivity contribution in [3.8, 4) is 0 Å². The minimum Gasteiger partial charge on any atom is -0.444 e. The molecule has 0 N–H and O–H groups in total. The number of non-ortho nitro benzene ring substituents is 1. The molecule has 0 aromatic heterocycles. The molecule has 3 heterocycles. The van der Waals surface area contributed by atoms with Gasteiger partial charge in [0.2, 0.25) is 5.91 Å². The van der Waals surface area contributed by atoms with Crippen molar-refractivity contribution in [3.05, 3.63) is 39.9 Å². The SMILES string of the molecule is CC(C)(C)OC(=O)N1C[C@@H](N2CCN(C(=O)c3ccc([N+](=O)[O-])cc3)CC2)C[C@H]1C(=O)N1CCSC1. The molecule has 3 aliphatic heterocycles. The minimum absolute atomic E-state index is 0.00153. The van der Waals surface area contributed by atoms with E-state index in [4.69, 9.17) is 4.74 Å². The fraction of sp³-hybridized carbons (Fsp3) is 0.625. The number of carbonyl (C=O) groups is 3. The fourth-order valence-corrected chi connectivity index (χ4v) is 5.79. The molecule has 3 amide bonds. The molecule has 1 aromatic rings. The standard InChI is InChI=1S/C24H33N5O6S/c1-24(2,3)35-23(32)28-15-19(14-20(28)22(31)27-12-13-36-16-27)25-8-10-26(11-9-25)21(30)17-4-6-18(7-5-17)29(33)34/h4-7,19-20H,8-16H2,1-3H3/t19-,20-/m0/s1. The van der Waals surface area contributed by atoms with Crippen LogP contribution in [0.2, 0.25) is 0 Å². The highest BCUT2D eigenvalue weighted by molar-refractivity contribution is 7.99. The van der Waals surface area contributed by atoms with E-state index in [0.29, 0.717) is 57.1 Å². The van der Waals surface area contributed by atoms with Crippen LogP contribution in [0.4, 0.5) is 10.5 Å². The molecule has 0 unspecified atom stereocenters. The van der Waals surface area contributed by atoms with Crippen LogP contribution in [0.3, 0.4) is 0 Å². The van der Waals surface area contributed by atoms with Crippen LogP contribution in [0, 0.1) is 10.1 Å². The second kappa shape index (κ2) is 10.6. The number of carbonyl (C=O) groups excluding carboxylic acids is 3. The average Bonchev–Trinajstić information content (AvgIpc) is 3.53. The van der Waals surface area contributed by atoms with Crippen molar-refractivity contribution in [2.45, 2.75) is 44.9 Å². The Labute approximate surface area is 214 Å². The Bertz CT molecular complexity index is 999. The lowest BCUT2D eigenvalue weighted by Crippen LogP contribution is -2.52. The lowest BCUT2D eigenvalue weighted by molar-refractivity contribution is -0.384. The normalized spacial score (nSPS) is 23.1. The van der Waals surface area contributed by atoms with Crippen molar-refractivity contribution in [2.75, 3.05) is 50.9 Å². The number of rotatable bonds is 4. The summed E-state index contributed by atoms with van der Waals surface area (Å²) < 4.78 is 5.62. The molecule has 2 atom stereocenters. The number of thioether (sulfide) groups is 1. The zero-order valence-electron chi connectivity index (χ0n) is 20.9. The highest BCUT2D eigenvalue weighted by Crippen LogP contribution is 2.28. The first-order chi connectivity index (χ1) is 17.0. The van der Waals surface area contributed by atoms with Gasteiger partial charge in [0, 0.05) is 68.8 Å². The maximum absolute atomic E-state index is 13.3. The van der Waals surface area contributed by atoms with Gasteiger partial charge in [0.25, 0.3) is 11.6 Å². The third-order valence-corrected chi connectivity index (χ3v) is 7.66. The van der Waals surface area contributed by atoms with Gasteiger partial charge in [-0.25, -0.2) is 4.79 Å². The van der Waals surface area contributed by atoms with Gasteiger partial charge in [0.1, 0.15) is 11.6 Å². The third-order valence-electron chi connectivity index (χ3n) is 6.70. The topological polar surface area (TPSA) is 117 Å². The van der Waals surface area contributed by atoms with Crippen LogP contribution < -0.4 is 0 Å². The van der Waals surface area contributed by atoms with Crippen LogP contribution in [0.15, 0.2) is 24.3 Å². The van der Waals surface area contributed by atoms with E-state index in [2.05, 4.69) is 4.90 Å². The Morgan fingerprint density at radius 3 is 2.25 bits per heavy atom. The van der Waals surface area contributed by atoms with Gasteiger partial charge in [-0.3, -0.25) is 29.5 Å². The molecule has 3 saturated heterocycles. The number of hydrogen-bond acceptors (Lipinski definition) is 8. The van der Waals surface area contributed by atoms with Crippen molar-refractivity contribution in [3.63, 3.8) is 0 Å². The summed E-state index contributed by atoms with van der Waals surface area (Å²) in [7, 11) is 0. The maximum Gasteiger partial charge on any atom is 0.411 e. The fourth-order valence-electron chi connectivity index (χ4n) is 4.83. The van der Waals surface area contributed by atoms with E-state index < -0.39 is 22.7 Å². The van der Waals surface area contributed by atoms with E-state index in [1.165, 1.54) is 24.3 Å². The van der Waals surface area contributed by atoms with Gasteiger partial charge in [0.15, 0.2) is 0 Å². The summed E-state index contributed by atoms with van der Waals surface area (Å²) in [4.78, 5) is 56.9. The third kappa shape index (κ3) is 5.92. The minimum atomic E-state index is -0.657. The molecule has 36 heavy (non-hydrogen) atoms. The van der Waals surface area contributed by atoms with E-state index in [1.807, 2.05) is 25.7 Å². The van der Waals surface area contributed by atoms with Crippen molar-refractivity contribution in [2.24, 2.45) is 0 Å².